The molecule has 114 valence electrons. The van der Waals surface area contributed by atoms with Gasteiger partial charge in [-0.3, -0.25) is 4.90 Å². The van der Waals surface area contributed by atoms with Crippen molar-refractivity contribution >= 4 is 0 Å². The number of methoxy groups -OCH3 is 1. The predicted octanol–water partition coefficient (Wildman–Crippen LogP) is 2.52. The zero-order valence-electron chi connectivity index (χ0n) is 13.2. The Morgan fingerprint density at radius 3 is 2.62 bits per heavy atom. The molecule has 0 radical (unpaired) electrons. The van der Waals surface area contributed by atoms with Crippen LogP contribution in [0.15, 0.2) is 18.2 Å². The Labute approximate surface area is 127 Å². The molecule has 1 N–H and O–H groups in total. The Morgan fingerprint density at radius 1 is 1.29 bits per heavy atom. The van der Waals surface area contributed by atoms with Crippen LogP contribution in [0.5, 0.6) is 5.75 Å². The average Bonchev–Trinajstić information content (AvgIpc) is 2.78. The predicted molar refractivity (Wildman–Crippen MR) is 85.2 cm³/mol. The zero-order valence-corrected chi connectivity index (χ0v) is 13.2. The molecule has 2 atom stereocenters. The highest BCUT2D eigenvalue weighted by atomic mass is 16.5. The van der Waals surface area contributed by atoms with E-state index < -0.39 is 0 Å². The van der Waals surface area contributed by atoms with Crippen LogP contribution in [0.25, 0.3) is 0 Å². The van der Waals surface area contributed by atoms with Crippen LogP contribution in [0.1, 0.15) is 31.4 Å². The molecule has 1 saturated heterocycles. The Morgan fingerprint density at radius 2 is 2.00 bits per heavy atom. The van der Waals surface area contributed by atoms with Crippen LogP contribution in [0.2, 0.25) is 0 Å². The number of likely N-dealkylation sites (tertiary alicyclic amines) is 1. The summed E-state index contributed by atoms with van der Waals surface area (Å²) < 4.78 is 5.48. The molecule has 0 bridgehead atoms. The molecule has 1 aliphatic rings. The van der Waals surface area contributed by atoms with E-state index in [4.69, 9.17) is 9.84 Å². The number of hydrogen-bond donors (Lipinski definition) is 1. The quantitative estimate of drug-likeness (QED) is 0.864. The van der Waals surface area contributed by atoms with Crippen molar-refractivity contribution in [1.29, 1.82) is 0 Å². The highest BCUT2D eigenvalue weighted by molar-refractivity contribution is 5.44. The van der Waals surface area contributed by atoms with Crippen LogP contribution in [-0.4, -0.2) is 36.8 Å². The molecule has 3 nitrogen and oxygen atoms in total. The van der Waals surface area contributed by atoms with Crippen LogP contribution >= 0.6 is 0 Å². The molecule has 1 aromatic carbocycles. The first-order valence-corrected chi connectivity index (χ1v) is 7.63. The van der Waals surface area contributed by atoms with Gasteiger partial charge in [0.15, 0.2) is 0 Å². The number of benzene rings is 1. The van der Waals surface area contributed by atoms with Crippen molar-refractivity contribution in [2.24, 2.45) is 11.8 Å². The van der Waals surface area contributed by atoms with E-state index in [1.807, 2.05) is 12.1 Å². The summed E-state index contributed by atoms with van der Waals surface area (Å²) in [6.45, 7) is 7.94. The van der Waals surface area contributed by atoms with Gasteiger partial charge < -0.3 is 9.84 Å². The van der Waals surface area contributed by atoms with Crippen LogP contribution < -0.4 is 4.74 Å². The summed E-state index contributed by atoms with van der Waals surface area (Å²) in [5, 5.41) is 8.79. The molecule has 2 unspecified atom stereocenters. The normalized spacial score (nSPS) is 21.9. The van der Waals surface area contributed by atoms with Crippen molar-refractivity contribution in [3.8, 4) is 17.6 Å². The van der Waals surface area contributed by atoms with Gasteiger partial charge in [-0.2, -0.15) is 0 Å². The average molecular weight is 287 g/mol. The molecule has 0 amide bonds. The van der Waals surface area contributed by atoms with Gasteiger partial charge in [0.25, 0.3) is 0 Å². The van der Waals surface area contributed by atoms with Gasteiger partial charge in [-0.05, 0) is 30.0 Å². The lowest BCUT2D eigenvalue weighted by molar-refractivity contribution is 0.305. The molecule has 0 aromatic heterocycles. The summed E-state index contributed by atoms with van der Waals surface area (Å²) in [5.41, 5.74) is 2.18. The maximum atomic E-state index is 8.79. The standard InChI is InChI=1S/C18H25NO2/c1-14-11-19(12-15(14)2)13-17-10-16(6-4-5-9-20)7-8-18(17)21-3/h7-8,10,14-15,20H,5,9,11-13H2,1-3H3. The number of aliphatic hydroxyl groups excluding tert-OH is 1. The van der Waals surface area contributed by atoms with Gasteiger partial charge in [-0.1, -0.05) is 25.7 Å². The maximum Gasteiger partial charge on any atom is 0.123 e. The molecule has 3 heteroatoms. The third-order valence-electron chi connectivity index (χ3n) is 4.21. The minimum absolute atomic E-state index is 0.111. The van der Waals surface area contributed by atoms with E-state index in [9.17, 15) is 0 Å². The maximum absolute atomic E-state index is 8.79. The van der Waals surface area contributed by atoms with Crippen LogP contribution in [0.4, 0.5) is 0 Å². The van der Waals surface area contributed by atoms with Gasteiger partial charge in [0.2, 0.25) is 0 Å². The SMILES string of the molecule is COc1ccc(C#CCCO)cc1CN1CC(C)C(C)C1. The Hall–Kier alpha value is -1.50. The molecule has 2 rings (SSSR count). The van der Waals surface area contributed by atoms with Gasteiger partial charge in [0, 0.05) is 37.2 Å². The van der Waals surface area contributed by atoms with Crippen molar-refractivity contribution in [1.82, 2.24) is 4.90 Å². The third-order valence-corrected chi connectivity index (χ3v) is 4.21. The molecule has 1 aromatic rings. The second kappa shape index (κ2) is 7.49. The first-order valence-electron chi connectivity index (χ1n) is 7.63. The second-order valence-corrected chi connectivity index (χ2v) is 5.95. The minimum Gasteiger partial charge on any atom is -0.496 e. The fourth-order valence-corrected chi connectivity index (χ4v) is 2.82. The summed E-state index contributed by atoms with van der Waals surface area (Å²) in [6.07, 6.45) is 0.516. The van der Waals surface area contributed by atoms with Crippen molar-refractivity contribution in [2.45, 2.75) is 26.8 Å². The zero-order chi connectivity index (χ0) is 15.2. The highest BCUT2D eigenvalue weighted by Gasteiger charge is 2.26. The number of ether oxygens (including phenoxy) is 1. The molecule has 1 heterocycles. The second-order valence-electron chi connectivity index (χ2n) is 5.95. The molecule has 0 saturated carbocycles. The van der Waals surface area contributed by atoms with Gasteiger partial charge >= 0.3 is 0 Å². The number of hydrogen-bond acceptors (Lipinski definition) is 3. The molecule has 0 aliphatic carbocycles. The number of aliphatic hydroxyl groups is 1. The largest absolute Gasteiger partial charge is 0.496 e. The lowest BCUT2D eigenvalue weighted by Gasteiger charge is -2.17. The number of rotatable bonds is 4. The summed E-state index contributed by atoms with van der Waals surface area (Å²) >= 11 is 0. The van der Waals surface area contributed by atoms with E-state index >= 15 is 0 Å². The molecule has 0 spiro atoms. The fraction of sp³-hybridized carbons (Fsp3) is 0.556. The van der Waals surface area contributed by atoms with Gasteiger partial charge in [0.1, 0.15) is 5.75 Å². The van der Waals surface area contributed by atoms with Crippen LogP contribution in [-0.2, 0) is 6.54 Å². The summed E-state index contributed by atoms with van der Waals surface area (Å²) in [6, 6.07) is 6.07. The lowest BCUT2D eigenvalue weighted by Crippen LogP contribution is -2.20. The molecular weight excluding hydrogens is 262 g/mol. The van der Waals surface area contributed by atoms with E-state index in [-0.39, 0.29) is 6.61 Å². The molecule has 1 aliphatic heterocycles. The summed E-state index contributed by atoms with van der Waals surface area (Å²) in [7, 11) is 1.71. The van der Waals surface area contributed by atoms with Crippen molar-refractivity contribution < 1.29 is 9.84 Å². The van der Waals surface area contributed by atoms with Gasteiger partial charge in [-0.25, -0.2) is 0 Å². The Balaban J connectivity index is 2.13. The molecule has 21 heavy (non-hydrogen) atoms. The van der Waals surface area contributed by atoms with Crippen molar-refractivity contribution in [3.05, 3.63) is 29.3 Å². The number of nitrogens with zero attached hydrogens (tertiary/aromatic N) is 1. The minimum atomic E-state index is 0.111. The highest BCUT2D eigenvalue weighted by Crippen LogP contribution is 2.27. The first-order chi connectivity index (χ1) is 10.1. The third kappa shape index (κ3) is 4.23. The van der Waals surface area contributed by atoms with Gasteiger partial charge in [-0.15, -0.1) is 0 Å². The Kier molecular flexibility index (Phi) is 5.67. The topological polar surface area (TPSA) is 32.7 Å². The van der Waals surface area contributed by atoms with Crippen molar-refractivity contribution in [3.63, 3.8) is 0 Å². The smallest absolute Gasteiger partial charge is 0.123 e. The van der Waals surface area contributed by atoms with Crippen LogP contribution in [0, 0.1) is 23.7 Å². The monoisotopic (exact) mass is 287 g/mol. The first kappa shape index (κ1) is 15.9. The van der Waals surface area contributed by atoms with E-state index in [1.54, 1.807) is 7.11 Å². The van der Waals surface area contributed by atoms with E-state index in [2.05, 4.69) is 36.7 Å². The summed E-state index contributed by atoms with van der Waals surface area (Å²) in [5.74, 6) is 8.50. The molecule has 1 fully saturated rings. The fourth-order valence-electron chi connectivity index (χ4n) is 2.82. The van der Waals surface area contributed by atoms with Crippen LogP contribution in [0.3, 0.4) is 0 Å². The summed E-state index contributed by atoms with van der Waals surface area (Å²) in [4.78, 5) is 2.48. The van der Waals surface area contributed by atoms with E-state index in [0.717, 1.165) is 42.8 Å². The van der Waals surface area contributed by atoms with E-state index in [1.165, 1.54) is 5.56 Å². The van der Waals surface area contributed by atoms with Crippen molar-refractivity contribution in [2.75, 3.05) is 26.8 Å². The van der Waals surface area contributed by atoms with E-state index in [0.29, 0.717) is 6.42 Å². The Bertz CT molecular complexity index is 520. The molecular formula is C18H25NO2. The lowest BCUT2D eigenvalue weighted by atomic mass is 10.0. The van der Waals surface area contributed by atoms with Gasteiger partial charge in [0.05, 0.1) is 13.7 Å².